The van der Waals surface area contributed by atoms with Crippen molar-refractivity contribution >= 4 is 22.6 Å². The zero-order valence-electron chi connectivity index (χ0n) is 81.4. The molecule has 9 aromatic carbocycles. The summed E-state index contributed by atoms with van der Waals surface area (Å²) in [5.74, 6) is 1.71. The highest BCUT2D eigenvalue weighted by atomic mass is 35.5. The van der Waals surface area contributed by atoms with Gasteiger partial charge >= 0.3 is 0 Å². The highest BCUT2D eigenvalue weighted by molar-refractivity contribution is 6.39. The third-order valence-corrected chi connectivity index (χ3v) is 30.6. The minimum absolute atomic E-state index is 0.184. The van der Waals surface area contributed by atoms with E-state index in [0.717, 1.165) is 148 Å². The molecule has 0 N–H and O–H groups in total. The first kappa shape index (κ1) is 97.7. The van der Waals surface area contributed by atoms with Crippen molar-refractivity contribution in [1.82, 2.24) is 9.97 Å². The Labute approximate surface area is 783 Å². The molecule has 0 amide bonds. The molecule has 0 saturated heterocycles. The van der Waals surface area contributed by atoms with Crippen LogP contribution in [0.15, 0.2) is 176 Å². The second-order valence-electron chi connectivity index (χ2n) is 39.6. The molecule has 1 aromatic heterocycles. The summed E-state index contributed by atoms with van der Waals surface area (Å²) in [6, 6.07) is 69.8. The maximum absolute atomic E-state index is 9.40. The van der Waals surface area contributed by atoms with Crippen molar-refractivity contribution in [3.8, 4) is 101 Å². The summed E-state index contributed by atoms with van der Waals surface area (Å²) < 4.78 is 13.8. The Bertz CT molecular complexity index is 4990. The molecule has 0 bridgehead atoms. The highest BCUT2D eigenvalue weighted by Gasteiger charge is 2.47. The van der Waals surface area contributed by atoms with E-state index in [4.69, 9.17) is 19.4 Å². The first-order valence-electron chi connectivity index (χ1n) is 53.4. The van der Waals surface area contributed by atoms with Gasteiger partial charge in [-0.25, -0.2) is 9.97 Å². The number of benzene rings is 9. The van der Waals surface area contributed by atoms with Crippen LogP contribution in [-0.2, 0) is 16.2 Å². The topological polar surface area (TPSA) is 44.2 Å². The van der Waals surface area contributed by atoms with Crippen LogP contribution in [0.2, 0.25) is 5.02 Å². The lowest BCUT2D eigenvalue weighted by molar-refractivity contribution is 0.304. The molecule has 3 aliphatic carbocycles. The van der Waals surface area contributed by atoms with Crippen LogP contribution in [0.5, 0.6) is 11.5 Å². The monoisotopic (exact) mass is 1740 g/mol. The first-order chi connectivity index (χ1) is 63.2. The van der Waals surface area contributed by atoms with Gasteiger partial charge in [-0.1, -0.05) is 496 Å². The van der Waals surface area contributed by atoms with Crippen LogP contribution in [0.4, 0.5) is 0 Å². The second-order valence-corrected chi connectivity index (χ2v) is 40.0. The summed E-state index contributed by atoms with van der Waals surface area (Å²) in [6.07, 6.45) is 66.6. The molecule has 0 atom stereocenters. The van der Waals surface area contributed by atoms with Crippen molar-refractivity contribution in [2.75, 3.05) is 13.2 Å². The average Bonchev–Trinajstić information content (AvgIpc) is 1.39. The molecule has 0 unspecified atom stereocenters. The number of halogens is 1. The van der Waals surface area contributed by atoms with Crippen LogP contribution in [0.3, 0.4) is 0 Å². The van der Waals surface area contributed by atoms with Crippen molar-refractivity contribution < 1.29 is 9.47 Å². The molecular weight excluding hydrogens is 1570 g/mol. The molecule has 0 saturated carbocycles. The van der Waals surface area contributed by atoms with Gasteiger partial charge in [0, 0.05) is 44.1 Å². The molecule has 0 radical (unpaired) electrons. The molecule has 3 aliphatic rings. The SMILES string of the molecule is CCCCCCCCOc1cccc(-c2nc3c(-c4ccc5c(c4)C(CCCCCCCC)(CCCCCCCC)c4ccccc4-5)c(Cl)c(-c4ccc5c(c4)C(CCCCCCCC)(CCCCCCCC)c4ccccc4-5)c(-c4ccc5c(c4)C(CCCCCCCC)(CCCCCCCC)c4ccccc4-5)c3nc2-c2cccc(OCCCCCCCC)c2)c1. The van der Waals surface area contributed by atoms with Gasteiger partial charge in [-0.3, -0.25) is 0 Å². The largest absolute Gasteiger partial charge is 0.494 e. The molecule has 5 heteroatoms. The van der Waals surface area contributed by atoms with Crippen molar-refractivity contribution in [2.24, 2.45) is 0 Å². The fourth-order valence-corrected chi connectivity index (χ4v) is 23.5. The molecule has 4 nitrogen and oxygen atoms in total. The predicted octanol–water partition coefficient (Wildman–Crippen LogP) is 39.4. The highest BCUT2D eigenvalue weighted by Crippen LogP contribution is 2.62. The number of fused-ring (bicyclic) bond motifs is 10. The Morgan fingerprint density at radius 3 is 0.773 bits per heavy atom. The Kier molecular flexibility index (Phi) is 39.2. The number of unbranched alkanes of at least 4 members (excludes halogenated alkanes) is 40. The Morgan fingerprint density at radius 2 is 0.469 bits per heavy atom. The molecule has 128 heavy (non-hydrogen) atoms. The fourth-order valence-electron chi connectivity index (χ4n) is 23.1. The minimum Gasteiger partial charge on any atom is -0.494 e. The summed E-state index contributed by atoms with van der Waals surface area (Å²) in [5, 5.41) is 0.747. The quantitative estimate of drug-likeness (QED) is 0.0356. The molecule has 0 fully saturated rings. The van der Waals surface area contributed by atoms with Crippen molar-refractivity contribution in [3.63, 3.8) is 0 Å². The number of hydrogen-bond donors (Lipinski definition) is 0. The van der Waals surface area contributed by atoms with E-state index in [-0.39, 0.29) is 16.2 Å². The van der Waals surface area contributed by atoms with E-state index in [0.29, 0.717) is 13.2 Å². The lowest BCUT2D eigenvalue weighted by Gasteiger charge is -2.34. The van der Waals surface area contributed by atoms with E-state index in [2.05, 4.69) is 231 Å². The van der Waals surface area contributed by atoms with E-state index in [1.165, 1.54) is 349 Å². The second kappa shape index (κ2) is 51.3. The number of ether oxygens (including phenoxy) is 2. The zero-order chi connectivity index (χ0) is 89.0. The van der Waals surface area contributed by atoms with Gasteiger partial charge in [-0.05, 0) is 177 Å². The number of aromatic nitrogens is 2. The van der Waals surface area contributed by atoms with Gasteiger partial charge in [-0.15, -0.1) is 0 Å². The van der Waals surface area contributed by atoms with Crippen LogP contribution in [-0.4, -0.2) is 23.2 Å². The maximum atomic E-state index is 9.40. The van der Waals surface area contributed by atoms with E-state index in [1.807, 2.05) is 0 Å². The van der Waals surface area contributed by atoms with Crippen molar-refractivity contribution in [2.45, 2.75) is 418 Å². The third kappa shape index (κ3) is 24.0. The maximum Gasteiger partial charge on any atom is 0.119 e. The van der Waals surface area contributed by atoms with E-state index < -0.39 is 0 Å². The van der Waals surface area contributed by atoms with Gasteiger partial charge in [0.25, 0.3) is 0 Å². The lowest BCUT2D eigenvalue weighted by atomic mass is 9.69. The van der Waals surface area contributed by atoms with Gasteiger partial charge in [0.05, 0.1) is 40.7 Å². The van der Waals surface area contributed by atoms with Crippen LogP contribution in [0.25, 0.3) is 100 Å². The van der Waals surface area contributed by atoms with Crippen LogP contribution < -0.4 is 9.47 Å². The van der Waals surface area contributed by atoms with Crippen LogP contribution >= 0.6 is 11.6 Å². The smallest absolute Gasteiger partial charge is 0.119 e. The summed E-state index contributed by atoms with van der Waals surface area (Å²) in [4.78, 5) is 13.1. The zero-order valence-corrected chi connectivity index (χ0v) is 82.2. The Balaban J connectivity index is 1.14. The van der Waals surface area contributed by atoms with Gasteiger partial charge in [0.15, 0.2) is 0 Å². The fraction of sp³-hybridized carbons (Fsp3) is 0.545. The summed E-state index contributed by atoms with van der Waals surface area (Å²) in [7, 11) is 0. The van der Waals surface area contributed by atoms with E-state index in [1.54, 1.807) is 0 Å². The minimum atomic E-state index is -0.190. The molecule has 0 aliphatic heterocycles. The molecule has 13 rings (SSSR count). The predicted molar refractivity (Wildman–Crippen MR) is 556 cm³/mol. The van der Waals surface area contributed by atoms with E-state index >= 15 is 0 Å². The summed E-state index contributed by atoms with van der Waals surface area (Å²) in [6.45, 7) is 20.1. The lowest BCUT2D eigenvalue weighted by Crippen LogP contribution is -2.25. The Hall–Kier alpha value is -7.79. The number of nitrogens with zero attached hydrogens (tertiary/aromatic N) is 2. The van der Waals surface area contributed by atoms with Gasteiger partial charge in [-0.2, -0.15) is 0 Å². The molecular formula is C123H165ClN2O2. The normalized spacial score (nSPS) is 13.6. The third-order valence-electron chi connectivity index (χ3n) is 30.2. The van der Waals surface area contributed by atoms with Crippen LogP contribution in [0.1, 0.15) is 435 Å². The molecule has 1 heterocycles. The Morgan fingerprint density at radius 1 is 0.219 bits per heavy atom. The first-order valence-corrected chi connectivity index (χ1v) is 53.8. The standard InChI is InChI=1S/C123H165ClN2O2/c1-9-17-25-33-41-55-81-121(82-56-42-34-26-18-10-2)107-72-52-49-69-101(107)104-78-75-94(91-110(104)121)113-114(95-76-79-105-102-70-50-53-73-108(102)122(111(105)92-95,83-57-43-35-27-19-11-3)84-58-44-36-28-20-12-4)119-120(115(116(113)124)96-77-80-106-103-71-51-54-74-109(103)123(112(106)93-96,85-59-45-37-29-21-13-5)86-60-46-38-30-22-14-6)126-118(98-66-64-68-100(90-98)128-88-62-48-40-32-24-16-8)117(125-119)97-65-63-67-99(89-97)127-87-61-47-39-31-23-15-7/h49-54,63-80,89-93H,9-48,55-62,81-88H2,1-8H3. The molecule has 686 valence electrons. The summed E-state index contributed by atoms with van der Waals surface area (Å²) in [5.41, 5.74) is 28.6. The van der Waals surface area contributed by atoms with Gasteiger partial charge in [0.1, 0.15) is 11.5 Å². The van der Waals surface area contributed by atoms with E-state index in [9.17, 15) is 11.6 Å². The summed E-state index contributed by atoms with van der Waals surface area (Å²) >= 11 is 9.40. The van der Waals surface area contributed by atoms with Gasteiger partial charge < -0.3 is 9.47 Å². The van der Waals surface area contributed by atoms with Gasteiger partial charge in [0.2, 0.25) is 0 Å². The van der Waals surface area contributed by atoms with Crippen LogP contribution in [0, 0.1) is 0 Å². The van der Waals surface area contributed by atoms with Crippen molar-refractivity contribution in [1.29, 1.82) is 0 Å². The number of rotatable bonds is 63. The average molecular weight is 1740 g/mol. The molecule has 10 aromatic rings. The van der Waals surface area contributed by atoms with Crippen molar-refractivity contribution in [3.05, 3.63) is 214 Å². The molecule has 0 spiro atoms. The number of hydrogen-bond acceptors (Lipinski definition) is 4.